The Hall–Kier alpha value is -1.30. The Morgan fingerprint density at radius 3 is 2.72 bits per heavy atom. The minimum atomic E-state index is -0.00409. The highest BCUT2D eigenvalue weighted by atomic mass is 32.2. The maximum atomic E-state index is 5.71. The highest BCUT2D eigenvalue weighted by Gasteiger charge is 2.19. The number of aromatic nitrogens is 4. The molecule has 0 bridgehead atoms. The van der Waals surface area contributed by atoms with Crippen molar-refractivity contribution >= 4 is 11.8 Å². The minimum absolute atomic E-state index is 0.00409. The molecule has 18 heavy (non-hydrogen) atoms. The predicted molar refractivity (Wildman–Crippen MR) is 70.5 cm³/mol. The van der Waals surface area contributed by atoms with E-state index in [1.165, 1.54) is 11.8 Å². The molecule has 0 aliphatic rings. The lowest BCUT2D eigenvalue weighted by Crippen LogP contribution is -2.09. The van der Waals surface area contributed by atoms with Crippen molar-refractivity contribution in [1.29, 1.82) is 0 Å². The molecular formula is C12H18N4OS. The lowest BCUT2D eigenvalue weighted by atomic mass is 9.94. The van der Waals surface area contributed by atoms with Crippen LogP contribution in [-0.4, -0.2) is 20.2 Å². The first-order valence-electron chi connectivity index (χ1n) is 5.98. The fourth-order valence-corrected chi connectivity index (χ4v) is 2.02. The molecule has 0 unspecified atom stereocenters. The van der Waals surface area contributed by atoms with Crippen molar-refractivity contribution in [3.05, 3.63) is 23.7 Å². The molecule has 5 nitrogen and oxygen atoms in total. The number of thioether (sulfide) groups is 1. The number of nitrogens with zero attached hydrogens (tertiary/aromatic N) is 3. The molecule has 0 aliphatic carbocycles. The van der Waals surface area contributed by atoms with Crippen molar-refractivity contribution in [2.75, 3.05) is 0 Å². The Morgan fingerprint density at radius 2 is 2.17 bits per heavy atom. The second kappa shape index (κ2) is 5.14. The SMILES string of the molecule is CCc1nc(SCc2ncc(C(C)(C)C)o2)n[nH]1. The van der Waals surface area contributed by atoms with Crippen LogP contribution in [-0.2, 0) is 17.6 Å². The van der Waals surface area contributed by atoms with E-state index in [9.17, 15) is 0 Å². The van der Waals surface area contributed by atoms with Crippen LogP contribution in [0.25, 0.3) is 0 Å². The quantitative estimate of drug-likeness (QED) is 0.862. The molecule has 0 spiro atoms. The molecule has 2 heterocycles. The van der Waals surface area contributed by atoms with Gasteiger partial charge in [-0.25, -0.2) is 9.97 Å². The third kappa shape index (κ3) is 3.13. The summed E-state index contributed by atoms with van der Waals surface area (Å²) < 4.78 is 5.71. The van der Waals surface area contributed by atoms with Gasteiger partial charge in [-0.3, -0.25) is 5.10 Å². The summed E-state index contributed by atoms with van der Waals surface area (Å²) in [5, 5.41) is 7.74. The molecule has 0 atom stereocenters. The first-order valence-corrected chi connectivity index (χ1v) is 6.97. The number of hydrogen-bond donors (Lipinski definition) is 1. The number of H-pyrrole nitrogens is 1. The van der Waals surface area contributed by atoms with Crippen LogP contribution in [0.5, 0.6) is 0 Å². The summed E-state index contributed by atoms with van der Waals surface area (Å²) in [6.45, 7) is 8.35. The number of nitrogens with one attached hydrogen (secondary N) is 1. The van der Waals surface area contributed by atoms with Crippen LogP contribution >= 0.6 is 11.8 Å². The number of hydrogen-bond acceptors (Lipinski definition) is 5. The van der Waals surface area contributed by atoms with Gasteiger partial charge in [0.25, 0.3) is 0 Å². The van der Waals surface area contributed by atoms with E-state index in [4.69, 9.17) is 4.42 Å². The maximum Gasteiger partial charge on any atom is 0.208 e. The van der Waals surface area contributed by atoms with Gasteiger partial charge in [-0.15, -0.1) is 5.10 Å². The van der Waals surface area contributed by atoms with Gasteiger partial charge in [0, 0.05) is 11.8 Å². The lowest BCUT2D eigenvalue weighted by molar-refractivity contribution is 0.390. The Bertz CT molecular complexity index is 512. The van der Waals surface area contributed by atoms with Gasteiger partial charge < -0.3 is 4.42 Å². The van der Waals surface area contributed by atoms with Gasteiger partial charge in [-0.05, 0) is 0 Å². The number of aryl methyl sites for hydroxylation is 1. The lowest BCUT2D eigenvalue weighted by Gasteiger charge is -2.12. The molecule has 2 aromatic heterocycles. The van der Waals surface area contributed by atoms with E-state index in [-0.39, 0.29) is 5.41 Å². The van der Waals surface area contributed by atoms with Crippen LogP contribution in [0.2, 0.25) is 0 Å². The predicted octanol–water partition coefficient (Wildman–Crippen LogP) is 2.94. The largest absolute Gasteiger partial charge is 0.444 e. The van der Waals surface area contributed by atoms with Crippen molar-refractivity contribution in [1.82, 2.24) is 20.2 Å². The van der Waals surface area contributed by atoms with Gasteiger partial charge in [0.05, 0.1) is 11.9 Å². The fraction of sp³-hybridized carbons (Fsp3) is 0.583. The average molecular weight is 266 g/mol. The van der Waals surface area contributed by atoms with Crippen molar-refractivity contribution in [2.24, 2.45) is 0 Å². The summed E-state index contributed by atoms with van der Waals surface area (Å²) in [6.07, 6.45) is 2.66. The molecule has 98 valence electrons. The van der Waals surface area contributed by atoms with Gasteiger partial charge >= 0.3 is 0 Å². The van der Waals surface area contributed by atoms with Gasteiger partial charge in [-0.2, -0.15) is 0 Å². The minimum Gasteiger partial charge on any atom is -0.444 e. The standard InChI is InChI=1S/C12H18N4OS/c1-5-9-14-11(16-15-9)18-7-10-13-6-8(17-10)12(2,3)4/h6H,5,7H2,1-4H3,(H,14,15,16). The Labute approximate surface area is 111 Å². The first kappa shape index (κ1) is 13.1. The third-order valence-corrected chi connectivity index (χ3v) is 3.30. The van der Waals surface area contributed by atoms with Crippen LogP contribution in [0, 0.1) is 0 Å². The topological polar surface area (TPSA) is 67.6 Å². The van der Waals surface area contributed by atoms with Crippen molar-refractivity contribution in [2.45, 2.75) is 50.4 Å². The van der Waals surface area contributed by atoms with Crippen molar-refractivity contribution in [3.63, 3.8) is 0 Å². The molecule has 2 aromatic rings. The molecule has 0 aliphatic heterocycles. The van der Waals surface area contributed by atoms with Gasteiger partial charge in [0.2, 0.25) is 11.0 Å². The number of aromatic amines is 1. The second-order valence-corrected chi connectivity index (χ2v) is 6.02. The molecule has 0 saturated carbocycles. The summed E-state index contributed by atoms with van der Waals surface area (Å²) in [6, 6.07) is 0. The Balaban J connectivity index is 1.96. The monoisotopic (exact) mass is 266 g/mol. The summed E-state index contributed by atoms with van der Waals surface area (Å²) in [5.74, 6) is 3.17. The average Bonchev–Trinajstić information content (AvgIpc) is 2.94. The van der Waals surface area contributed by atoms with Crippen LogP contribution in [0.4, 0.5) is 0 Å². The molecule has 0 fully saturated rings. The zero-order valence-electron chi connectivity index (χ0n) is 11.1. The molecular weight excluding hydrogens is 248 g/mol. The van der Waals surface area contributed by atoms with Crippen molar-refractivity contribution < 1.29 is 4.42 Å². The van der Waals surface area contributed by atoms with Gasteiger partial charge in [0.15, 0.2) is 0 Å². The zero-order chi connectivity index (χ0) is 13.2. The molecule has 1 N–H and O–H groups in total. The van der Waals surface area contributed by atoms with E-state index >= 15 is 0 Å². The summed E-state index contributed by atoms with van der Waals surface area (Å²) in [7, 11) is 0. The molecule has 0 radical (unpaired) electrons. The van der Waals surface area contributed by atoms with Gasteiger partial charge in [-0.1, -0.05) is 39.5 Å². The molecule has 0 amide bonds. The zero-order valence-corrected chi connectivity index (χ0v) is 12.0. The Morgan fingerprint density at radius 1 is 1.39 bits per heavy atom. The molecule has 2 rings (SSSR count). The highest BCUT2D eigenvalue weighted by molar-refractivity contribution is 7.98. The van der Waals surface area contributed by atoms with Crippen LogP contribution in [0.3, 0.4) is 0 Å². The second-order valence-electron chi connectivity index (χ2n) is 5.08. The van der Waals surface area contributed by atoms with E-state index < -0.39 is 0 Å². The molecule has 6 heteroatoms. The molecule has 0 aromatic carbocycles. The van der Waals surface area contributed by atoms with Crippen molar-refractivity contribution in [3.8, 4) is 0 Å². The van der Waals surface area contributed by atoms with E-state index in [0.29, 0.717) is 11.6 Å². The summed E-state index contributed by atoms with van der Waals surface area (Å²) in [5.41, 5.74) is -0.00409. The Kier molecular flexibility index (Phi) is 3.75. The summed E-state index contributed by atoms with van der Waals surface area (Å²) in [4.78, 5) is 8.60. The van der Waals surface area contributed by atoms with E-state index in [0.717, 1.165) is 23.2 Å². The van der Waals surface area contributed by atoms with Crippen LogP contribution in [0.15, 0.2) is 15.8 Å². The van der Waals surface area contributed by atoms with E-state index in [2.05, 4.69) is 40.9 Å². The maximum absolute atomic E-state index is 5.71. The normalized spacial score (nSPS) is 12.0. The number of oxazole rings is 1. The van der Waals surface area contributed by atoms with Crippen LogP contribution in [0.1, 0.15) is 45.2 Å². The fourth-order valence-electron chi connectivity index (χ4n) is 1.35. The third-order valence-electron chi connectivity index (χ3n) is 2.46. The van der Waals surface area contributed by atoms with Crippen LogP contribution < -0.4 is 0 Å². The summed E-state index contributed by atoms with van der Waals surface area (Å²) >= 11 is 1.52. The highest BCUT2D eigenvalue weighted by Crippen LogP contribution is 2.25. The number of rotatable bonds is 4. The van der Waals surface area contributed by atoms with E-state index in [1.54, 1.807) is 6.20 Å². The van der Waals surface area contributed by atoms with Gasteiger partial charge in [0.1, 0.15) is 11.6 Å². The van der Waals surface area contributed by atoms with E-state index in [1.807, 2.05) is 6.92 Å². The first-order chi connectivity index (χ1) is 8.49. The smallest absolute Gasteiger partial charge is 0.208 e. The molecule has 0 saturated heterocycles.